The van der Waals surface area contributed by atoms with Crippen LogP contribution < -0.4 is 5.32 Å². The fourth-order valence-electron chi connectivity index (χ4n) is 2.31. The molecule has 0 aliphatic carbocycles. The lowest BCUT2D eigenvalue weighted by atomic mass is 10.1. The molecule has 1 aliphatic heterocycles. The third-order valence-corrected chi connectivity index (χ3v) is 3.42. The molecule has 0 bridgehead atoms. The van der Waals surface area contributed by atoms with E-state index in [0.29, 0.717) is 32.4 Å². The van der Waals surface area contributed by atoms with Gasteiger partial charge in [-0.15, -0.1) is 0 Å². The normalized spacial score (nSPS) is 19.1. The van der Waals surface area contributed by atoms with Crippen LogP contribution in [-0.4, -0.2) is 67.4 Å². The van der Waals surface area contributed by atoms with Gasteiger partial charge in [-0.25, -0.2) is 14.4 Å². The maximum atomic E-state index is 12.1. The molecule has 1 saturated heterocycles. The van der Waals surface area contributed by atoms with Gasteiger partial charge in [-0.2, -0.15) is 0 Å². The zero-order valence-electron chi connectivity index (χ0n) is 12.3. The predicted molar refractivity (Wildman–Crippen MR) is 72.8 cm³/mol. The van der Waals surface area contributed by atoms with E-state index in [9.17, 15) is 14.4 Å². The van der Waals surface area contributed by atoms with Crippen molar-refractivity contribution in [3.05, 3.63) is 0 Å². The Bertz CT molecular complexity index is 387. The minimum absolute atomic E-state index is 0.269. The summed E-state index contributed by atoms with van der Waals surface area (Å²) in [5.74, 6) is -1.58. The summed E-state index contributed by atoms with van der Waals surface area (Å²) in [4.78, 5) is 36.2. The van der Waals surface area contributed by atoms with Crippen molar-refractivity contribution in [2.75, 3.05) is 27.4 Å². The number of likely N-dealkylation sites (tertiary alicyclic amines) is 1. The number of nitrogens with zero attached hydrogens (tertiary/aromatic N) is 1. The van der Waals surface area contributed by atoms with Gasteiger partial charge in [0.2, 0.25) is 0 Å². The van der Waals surface area contributed by atoms with E-state index in [2.05, 4.69) is 10.1 Å². The van der Waals surface area contributed by atoms with Crippen LogP contribution in [0.4, 0.5) is 4.79 Å². The first-order valence-electron chi connectivity index (χ1n) is 6.88. The molecule has 1 heterocycles. The minimum Gasteiger partial charge on any atom is -0.480 e. The molecule has 120 valence electrons. The van der Waals surface area contributed by atoms with Crippen LogP contribution in [-0.2, 0) is 19.1 Å². The Labute approximate surface area is 123 Å². The summed E-state index contributed by atoms with van der Waals surface area (Å²) in [7, 11) is 2.79. The van der Waals surface area contributed by atoms with Gasteiger partial charge < -0.3 is 24.8 Å². The topological polar surface area (TPSA) is 105 Å². The molecule has 0 aromatic heterocycles. The summed E-state index contributed by atoms with van der Waals surface area (Å²) in [5, 5.41) is 11.6. The maximum absolute atomic E-state index is 12.1. The lowest BCUT2D eigenvalue weighted by molar-refractivity contribution is -0.144. The Morgan fingerprint density at radius 3 is 2.67 bits per heavy atom. The van der Waals surface area contributed by atoms with Gasteiger partial charge in [0.05, 0.1) is 7.11 Å². The van der Waals surface area contributed by atoms with E-state index < -0.39 is 30.1 Å². The van der Waals surface area contributed by atoms with Crippen molar-refractivity contribution in [3.63, 3.8) is 0 Å². The van der Waals surface area contributed by atoms with Crippen LogP contribution in [0.3, 0.4) is 0 Å². The van der Waals surface area contributed by atoms with Gasteiger partial charge in [0.1, 0.15) is 12.1 Å². The molecule has 2 unspecified atom stereocenters. The van der Waals surface area contributed by atoms with Crippen molar-refractivity contribution in [2.45, 2.75) is 37.8 Å². The number of methoxy groups -OCH3 is 2. The number of amides is 2. The largest absolute Gasteiger partial charge is 0.480 e. The fraction of sp³-hybridized carbons (Fsp3) is 0.769. The predicted octanol–water partition coefficient (Wildman–Crippen LogP) is 0.213. The maximum Gasteiger partial charge on any atom is 0.328 e. The molecule has 0 saturated carbocycles. The summed E-state index contributed by atoms with van der Waals surface area (Å²) in [6.45, 7) is 0.837. The van der Waals surface area contributed by atoms with Gasteiger partial charge in [0.25, 0.3) is 0 Å². The van der Waals surface area contributed by atoms with Gasteiger partial charge in [-0.05, 0) is 25.7 Å². The number of hydrogen-bond acceptors (Lipinski definition) is 5. The lowest BCUT2D eigenvalue weighted by Crippen LogP contribution is -2.51. The average molecular weight is 302 g/mol. The molecule has 1 rings (SSSR count). The van der Waals surface area contributed by atoms with Gasteiger partial charge >= 0.3 is 18.0 Å². The number of hydrogen-bond donors (Lipinski definition) is 2. The van der Waals surface area contributed by atoms with Crippen molar-refractivity contribution >= 4 is 18.0 Å². The highest BCUT2D eigenvalue weighted by Crippen LogP contribution is 2.18. The van der Waals surface area contributed by atoms with E-state index in [1.165, 1.54) is 19.1 Å². The number of carbonyl (C=O) groups is 3. The number of rotatable bonds is 7. The van der Waals surface area contributed by atoms with E-state index in [-0.39, 0.29) is 6.42 Å². The van der Waals surface area contributed by atoms with Crippen LogP contribution in [0.2, 0.25) is 0 Å². The van der Waals surface area contributed by atoms with Crippen molar-refractivity contribution in [2.24, 2.45) is 0 Å². The van der Waals surface area contributed by atoms with Crippen LogP contribution in [0, 0.1) is 0 Å². The first-order valence-corrected chi connectivity index (χ1v) is 6.88. The Kier molecular flexibility index (Phi) is 6.93. The summed E-state index contributed by atoms with van der Waals surface area (Å²) in [6, 6.07) is -2.18. The highest BCUT2D eigenvalue weighted by Gasteiger charge is 2.36. The molecule has 2 amide bonds. The number of esters is 1. The third-order valence-electron chi connectivity index (χ3n) is 3.42. The van der Waals surface area contributed by atoms with Gasteiger partial charge in [0, 0.05) is 20.3 Å². The zero-order valence-corrected chi connectivity index (χ0v) is 12.3. The van der Waals surface area contributed by atoms with Crippen LogP contribution in [0.25, 0.3) is 0 Å². The van der Waals surface area contributed by atoms with Crippen LogP contribution in [0.15, 0.2) is 0 Å². The molecular weight excluding hydrogens is 280 g/mol. The molecular formula is C13H22N2O6. The highest BCUT2D eigenvalue weighted by atomic mass is 16.5. The van der Waals surface area contributed by atoms with Crippen LogP contribution in [0.5, 0.6) is 0 Å². The number of carbonyl (C=O) groups excluding carboxylic acids is 2. The zero-order chi connectivity index (χ0) is 15.8. The molecule has 1 fully saturated rings. The van der Waals surface area contributed by atoms with Crippen LogP contribution >= 0.6 is 0 Å². The smallest absolute Gasteiger partial charge is 0.328 e. The quantitative estimate of drug-likeness (QED) is 0.514. The highest BCUT2D eigenvalue weighted by molar-refractivity contribution is 5.87. The number of carboxylic acid groups (broad SMARTS) is 1. The van der Waals surface area contributed by atoms with Crippen molar-refractivity contribution in [1.82, 2.24) is 10.2 Å². The van der Waals surface area contributed by atoms with E-state index >= 15 is 0 Å². The number of carboxylic acids is 1. The molecule has 8 heteroatoms. The molecule has 0 aromatic carbocycles. The minimum atomic E-state index is -1.10. The fourth-order valence-corrected chi connectivity index (χ4v) is 2.31. The second-order valence-corrected chi connectivity index (χ2v) is 4.85. The number of urea groups is 1. The van der Waals surface area contributed by atoms with Crippen molar-refractivity contribution in [3.8, 4) is 0 Å². The standard InChI is InChI=1S/C13H22N2O6/c1-20-8-4-5-9(11(16)17)14-13(19)15-7-3-6-10(15)12(18)21-2/h9-10H,3-8H2,1-2H3,(H,14,19)(H,16,17). The number of nitrogens with one attached hydrogen (secondary N) is 1. The molecule has 0 aromatic rings. The third kappa shape index (κ3) is 4.89. The van der Waals surface area contributed by atoms with Gasteiger partial charge in [-0.1, -0.05) is 0 Å². The average Bonchev–Trinajstić information content (AvgIpc) is 2.94. The van der Waals surface area contributed by atoms with E-state index in [4.69, 9.17) is 9.84 Å². The van der Waals surface area contributed by atoms with Gasteiger partial charge in [-0.3, -0.25) is 0 Å². The molecule has 0 spiro atoms. The van der Waals surface area contributed by atoms with E-state index in [1.54, 1.807) is 0 Å². The first kappa shape index (κ1) is 17.2. The summed E-state index contributed by atoms with van der Waals surface area (Å²) < 4.78 is 9.52. The summed E-state index contributed by atoms with van der Waals surface area (Å²) in [5.41, 5.74) is 0. The second kappa shape index (κ2) is 8.46. The van der Waals surface area contributed by atoms with E-state index in [0.717, 1.165) is 0 Å². The first-order chi connectivity index (χ1) is 10.0. The molecule has 2 atom stereocenters. The van der Waals surface area contributed by atoms with E-state index in [1.807, 2.05) is 0 Å². The summed E-state index contributed by atoms with van der Waals surface area (Å²) >= 11 is 0. The van der Waals surface area contributed by atoms with Crippen LogP contribution in [0.1, 0.15) is 25.7 Å². The SMILES string of the molecule is COCCCC(NC(=O)N1CCCC1C(=O)OC)C(=O)O. The van der Waals surface area contributed by atoms with Gasteiger partial charge in [0.15, 0.2) is 0 Å². The lowest BCUT2D eigenvalue weighted by Gasteiger charge is -2.25. The van der Waals surface area contributed by atoms with Crippen molar-refractivity contribution < 1.29 is 29.0 Å². The molecule has 21 heavy (non-hydrogen) atoms. The Balaban J connectivity index is 2.59. The number of ether oxygens (including phenoxy) is 2. The Hall–Kier alpha value is -1.83. The summed E-state index contributed by atoms with van der Waals surface area (Å²) in [6.07, 6.45) is 2.01. The molecule has 2 N–H and O–H groups in total. The Morgan fingerprint density at radius 1 is 1.38 bits per heavy atom. The molecule has 8 nitrogen and oxygen atoms in total. The second-order valence-electron chi connectivity index (χ2n) is 4.85. The van der Waals surface area contributed by atoms with Crippen molar-refractivity contribution in [1.29, 1.82) is 0 Å². The monoisotopic (exact) mass is 302 g/mol. The molecule has 1 aliphatic rings. The molecule has 0 radical (unpaired) electrons. The number of aliphatic carboxylic acids is 1. The Morgan fingerprint density at radius 2 is 2.10 bits per heavy atom.